The number of aliphatic hydroxyl groups is 2. The van der Waals surface area contributed by atoms with Gasteiger partial charge in [-0.1, -0.05) is 78.9 Å². The number of anilines is 8. The normalized spacial score (nSPS) is 11.0. The molecule has 22 heteroatoms. The number of nitrogens with two attached hydrogens (primary N) is 1. The third-order valence-electron chi connectivity index (χ3n) is 7.99. The van der Waals surface area contributed by atoms with Crippen LogP contribution >= 0.6 is 0 Å². The number of rotatable bonds is 18. The average Bonchev–Trinajstić information content (AvgIpc) is 3.21. The number of aromatic nitrogens is 6. The highest BCUT2D eigenvalue weighted by atomic mass is 32.2. The van der Waals surface area contributed by atoms with Gasteiger partial charge in [0.05, 0.1) is 19.9 Å². The number of benzene rings is 4. The number of nitrogens with zero attached hydrogens (tertiary/aromatic N) is 7. The minimum Gasteiger partial charge on any atom is -0.395 e. The van der Waals surface area contributed by atoms with Gasteiger partial charge >= 0.3 is 10.6 Å². The van der Waals surface area contributed by atoms with Crippen molar-refractivity contribution in [3.05, 3.63) is 126 Å². The molecule has 0 aliphatic heterocycles. The number of hydrogen-bond donors (Lipinski definition) is 8. The Balaban J connectivity index is 0.00000163. The lowest BCUT2D eigenvalue weighted by Crippen LogP contribution is -2.32. The van der Waals surface area contributed by atoms with E-state index in [0.717, 1.165) is 16.8 Å². The minimum absolute atomic E-state index is 0.104. The average molecular weight is 857 g/mol. The van der Waals surface area contributed by atoms with Crippen molar-refractivity contribution in [1.82, 2.24) is 29.9 Å². The molecule has 0 atom stereocenters. The topological polar surface area (TPSA) is 301 Å². The summed E-state index contributed by atoms with van der Waals surface area (Å²) in [6.45, 7) is 0.0743. The zero-order valence-corrected chi connectivity index (χ0v) is 33.3. The van der Waals surface area contributed by atoms with Crippen LogP contribution in [-0.4, -0.2) is 98.7 Å². The summed E-state index contributed by atoms with van der Waals surface area (Å²) in [7, 11) is -7.78. The van der Waals surface area contributed by atoms with Crippen molar-refractivity contribution in [3.8, 4) is 0 Å². The molecule has 0 spiro atoms. The summed E-state index contributed by atoms with van der Waals surface area (Å²) in [6.07, 6.45) is 3.65. The van der Waals surface area contributed by atoms with Gasteiger partial charge < -0.3 is 42.1 Å². The first-order valence-electron chi connectivity index (χ1n) is 17.9. The van der Waals surface area contributed by atoms with Crippen LogP contribution in [0.3, 0.4) is 0 Å². The van der Waals surface area contributed by atoms with Crippen molar-refractivity contribution in [1.29, 1.82) is 0 Å². The van der Waals surface area contributed by atoms with Crippen LogP contribution in [0.25, 0.3) is 12.2 Å². The van der Waals surface area contributed by atoms with Gasteiger partial charge in [0.1, 0.15) is 10.7 Å². The predicted molar refractivity (Wildman–Crippen MR) is 226 cm³/mol. The van der Waals surface area contributed by atoms with E-state index in [2.05, 4.69) is 51.2 Å². The van der Waals surface area contributed by atoms with Crippen molar-refractivity contribution in [2.45, 2.75) is 11.3 Å². The van der Waals surface area contributed by atoms with Crippen LogP contribution in [0.15, 0.2) is 108 Å². The summed E-state index contributed by atoms with van der Waals surface area (Å²) in [4.78, 5) is 28.1. The molecule has 9 N–H and O–H groups in total. The maximum absolute atomic E-state index is 12.6. The molecule has 0 unspecified atom stereocenters. The Hall–Kier alpha value is -6.95. The lowest BCUT2D eigenvalue weighted by Gasteiger charge is -2.21. The quantitative estimate of drug-likeness (QED) is 0.0349. The fourth-order valence-electron chi connectivity index (χ4n) is 5.42. The van der Waals surface area contributed by atoms with Crippen molar-refractivity contribution in [2.75, 3.05) is 59.1 Å². The highest BCUT2D eigenvalue weighted by Crippen LogP contribution is 2.26. The van der Waals surface area contributed by atoms with Crippen molar-refractivity contribution < 1.29 is 35.8 Å². The molecule has 0 bridgehead atoms. The molecule has 2 heterocycles. The van der Waals surface area contributed by atoms with Crippen molar-refractivity contribution in [2.24, 2.45) is 5.73 Å². The van der Waals surface area contributed by atoms with Gasteiger partial charge in [0.15, 0.2) is 0 Å². The van der Waals surface area contributed by atoms with Gasteiger partial charge in [0.25, 0.3) is 10.1 Å². The van der Waals surface area contributed by atoms with Crippen LogP contribution in [-0.2, 0) is 27.1 Å². The lowest BCUT2D eigenvalue weighted by atomic mass is 10.1. The van der Waals surface area contributed by atoms with Crippen LogP contribution in [0.1, 0.15) is 22.5 Å². The standard InChI is InChI=1S/C38H40N12O5S.O3S/c39-25-40-34-46-36(41-29-9-5-2-6-10-29)48-37(47-34)42-30-16-12-26(13-17-30)11-14-28-15-18-31(24-32(28)56(53,54)55)43-35-44-33(23-27-7-3-1-4-8-27)45-38(49-35)50(19-21-51)20-22-52;1-4(2)3/h1-18,24,51-52H,19-23,25,39H2,(H,53,54,55)(H,43,44,45,49)(H3,40,41,42,46,47,48);/b14-11+;. The second-order valence-corrected chi connectivity index (χ2v) is 14.1. The van der Waals surface area contributed by atoms with Crippen molar-refractivity contribution in [3.63, 3.8) is 0 Å². The molecule has 312 valence electrons. The van der Waals surface area contributed by atoms with E-state index in [1.54, 1.807) is 41.3 Å². The Morgan fingerprint density at radius 1 is 0.650 bits per heavy atom. The largest absolute Gasteiger partial charge is 0.425 e. The summed E-state index contributed by atoms with van der Waals surface area (Å²) in [5.41, 5.74) is 9.34. The zero-order valence-electron chi connectivity index (χ0n) is 31.6. The zero-order chi connectivity index (χ0) is 42.9. The molecular formula is C38H40N12O8S2. The van der Waals surface area contributed by atoms with E-state index >= 15 is 0 Å². The molecular weight excluding hydrogens is 817 g/mol. The Kier molecular flexibility index (Phi) is 16.0. The highest BCUT2D eigenvalue weighted by molar-refractivity contribution is 7.86. The minimum atomic E-state index is -4.67. The fraction of sp³-hybridized carbons (Fsp3) is 0.158. The van der Waals surface area contributed by atoms with Gasteiger partial charge in [-0.25, -0.2) is 0 Å². The smallest absolute Gasteiger partial charge is 0.395 e. The second-order valence-electron chi connectivity index (χ2n) is 12.3. The summed E-state index contributed by atoms with van der Waals surface area (Å²) in [6, 6.07) is 30.7. The van der Waals surface area contributed by atoms with E-state index < -0.39 is 20.7 Å². The van der Waals surface area contributed by atoms with Crippen LogP contribution in [0.5, 0.6) is 0 Å². The van der Waals surface area contributed by atoms with E-state index in [1.807, 2.05) is 72.8 Å². The molecule has 2 aromatic heterocycles. The number of hydrogen-bond acceptors (Lipinski definition) is 19. The molecule has 0 radical (unpaired) electrons. The van der Waals surface area contributed by atoms with Crippen molar-refractivity contribution >= 4 is 79.7 Å². The summed E-state index contributed by atoms with van der Waals surface area (Å²) < 4.78 is 60.7. The maximum atomic E-state index is 12.6. The van der Waals surface area contributed by atoms with Gasteiger partial charge in [-0.15, -0.1) is 12.6 Å². The number of para-hydroxylation sites is 1. The third-order valence-corrected chi connectivity index (χ3v) is 8.90. The molecule has 6 aromatic rings. The molecule has 0 amide bonds. The molecule has 0 aliphatic carbocycles. The van der Waals surface area contributed by atoms with E-state index in [4.69, 9.17) is 18.4 Å². The molecule has 6 rings (SSSR count). The Bertz CT molecular complexity index is 2580. The van der Waals surface area contributed by atoms with Crippen LogP contribution < -0.4 is 31.9 Å². The fourth-order valence-corrected chi connectivity index (χ4v) is 6.13. The Morgan fingerprint density at radius 3 is 1.77 bits per heavy atom. The second kappa shape index (κ2) is 21.7. The van der Waals surface area contributed by atoms with Gasteiger partial charge in [-0.3, -0.25) is 4.55 Å². The van der Waals surface area contributed by atoms with E-state index in [-0.39, 0.29) is 72.9 Å². The molecule has 0 aliphatic rings. The molecule has 0 saturated heterocycles. The molecule has 60 heavy (non-hydrogen) atoms. The Labute approximate surface area is 346 Å². The van der Waals surface area contributed by atoms with Gasteiger partial charge in [0, 0.05) is 36.6 Å². The first-order chi connectivity index (χ1) is 28.9. The van der Waals surface area contributed by atoms with Crippen LogP contribution in [0, 0.1) is 0 Å². The van der Waals surface area contributed by atoms with E-state index in [0.29, 0.717) is 23.9 Å². The molecule has 0 fully saturated rings. The molecule has 4 aromatic carbocycles. The summed E-state index contributed by atoms with van der Waals surface area (Å²) in [5, 5.41) is 31.4. The summed E-state index contributed by atoms with van der Waals surface area (Å²) in [5.74, 6) is 1.61. The molecule has 0 saturated carbocycles. The SMILES string of the molecule is NCNc1nc(Nc2ccccc2)nc(Nc2ccc(/C=C/c3ccc(Nc4nc(Cc5ccccc5)nc(N(CCO)CCO)n4)cc3S(=O)(=O)O)cc2)n1.O=S(=O)=O. The van der Waals surface area contributed by atoms with E-state index in [9.17, 15) is 23.2 Å². The molecule has 20 nitrogen and oxygen atoms in total. The monoisotopic (exact) mass is 856 g/mol. The summed E-state index contributed by atoms with van der Waals surface area (Å²) >= 11 is 0. The van der Waals surface area contributed by atoms with Gasteiger partial charge in [0.2, 0.25) is 29.7 Å². The number of aliphatic hydroxyl groups excluding tert-OH is 2. The first-order valence-corrected chi connectivity index (χ1v) is 20.3. The Morgan fingerprint density at radius 2 is 1.18 bits per heavy atom. The van der Waals surface area contributed by atoms with Gasteiger partial charge in [-0.2, -0.15) is 38.3 Å². The maximum Gasteiger partial charge on any atom is 0.425 e. The predicted octanol–water partition coefficient (Wildman–Crippen LogP) is 3.41. The number of nitrogens with one attached hydrogen (secondary N) is 4. The van der Waals surface area contributed by atoms with E-state index in [1.165, 1.54) is 6.07 Å². The van der Waals surface area contributed by atoms with Gasteiger partial charge in [-0.05, 0) is 53.1 Å². The highest BCUT2D eigenvalue weighted by Gasteiger charge is 2.18. The van der Waals surface area contributed by atoms with Crippen LogP contribution in [0.2, 0.25) is 0 Å². The first kappa shape index (κ1) is 44.2. The van der Waals surface area contributed by atoms with Crippen LogP contribution in [0.4, 0.5) is 46.8 Å². The lowest BCUT2D eigenvalue weighted by molar-refractivity contribution is 0.280. The third kappa shape index (κ3) is 13.9.